The van der Waals surface area contributed by atoms with Gasteiger partial charge in [-0.05, 0) is 91.2 Å². The van der Waals surface area contributed by atoms with Crippen LogP contribution in [-0.2, 0) is 6.54 Å². The smallest absolute Gasteiger partial charge is 0.118 e. The molecular formula is C27H26ClN3O. The molecule has 162 valence electrons. The van der Waals surface area contributed by atoms with E-state index in [2.05, 4.69) is 45.5 Å². The number of anilines is 2. The van der Waals surface area contributed by atoms with Crippen LogP contribution in [0.25, 0.3) is 22.0 Å². The maximum atomic E-state index is 6.15. The van der Waals surface area contributed by atoms with Crippen LogP contribution in [0.3, 0.4) is 0 Å². The van der Waals surface area contributed by atoms with Crippen LogP contribution in [0.2, 0.25) is 5.02 Å². The second-order valence-corrected chi connectivity index (χ2v) is 8.67. The van der Waals surface area contributed by atoms with Gasteiger partial charge in [-0.15, -0.1) is 0 Å². The second-order valence-electron chi connectivity index (χ2n) is 8.23. The number of likely N-dealkylation sites (tertiary alicyclic amines) is 1. The molecule has 32 heavy (non-hydrogen) atoms. The quantitative estimate of drug-likeness (QED) is 0.351. The van der Waals surface area contributed by atoms with E-state index >= 15 is 0 Å². The van der Waals surface area contributed by atoms with E-state index in [1.807, 2.05) is 42.6 Å². The van der Waals surface area contributed by atoms with Gasteiger partial charge in [0.25, 0.3) is 0 Å². The number of hydrogen-bond acceptors (Lipinski definition) is 4. The van der Waals surface area contributed by atoms with Crippen molar-refractivity contribution in [3.05, 3.63) is 83.5 Å². The van der Waals surface area contributed by atoms with E-state index in [0.29, 0.717) is 5.02 Å². The maximum absolute atomic E-state index is 6.15. The molecule has 5 rings (SSSR count). The molecule has 1 aromatic heterocycles. The third kappa shape index (κ3) is 4.43. The number of ether oxygens (including phenoxy) is 1. The molecular weight excluding hydrogens is 418 g/mol. The Morgan fingerprint density at radius 1 is 0.969 bits per heavy atom. The highest BCUT2D eigenvalue weighted by atomic mass is 35.5. The summed E-state index contributed by atoms with van der Waals surface area (Å²) in [4.78, 5) is 6.99. The molecule has 0 saturated carbocycles. The van der Waals surface area contributed by atoms with Gasteiger partial charge in [-0.1, -0.05) is 29.8 Å². The molecule has 0 spiro atoms. The minimum Gasteiger partial charge on any atom is -0.497 e. The van der Waals surface area contributed by atoms with Crippen LogP contribution in [0.1, 0.15) is 18.4 Å². The maximum Gasteiger partial charge on any atom is 0.118 e. The molecule has 0 radical (unpaired) electrons. The Balaban J connectivity index is 1.50. The van der Waals surface area contributed by atoms with E-state index in [1.165, 1.54) is 29.5 Å². The van der Waals surface area contributed by atoms with Crippen molar-refractivity contribution in [3.8, 4) is 16.9 Å². The summed E-state index contributed by atoms with van der Waals surface area (Å²) < 4.78 is 5.34. The molecule has 1 aliphatic heterocycles. The number of benzene rings is 3. The first-order valence-electron chi connectivity index (χ1n) is 11.0. The summed E-state index contributed by atoms with van der Waals surface area (Å²) in [6.45, 7) is 3.27. The SMILES string of the molecule is COc1ccc(-c2ccc(Nc3ccnc4cc(Cl)ccc34)cc2CN2CCCC2)cc1. The number of rotatable bonds is 6. The van der Waals surface area contributed by atoms with Gasteiger partial charge in [0.15, 0.2) is 0 Å². The van der Waals surface area contributed by atoms with Gasteiger partial charge in [0.05, 0.1) is 12.6 Å². The summed E-state index contributed by atoms with van der Waals surface area (Å²) in [5.41, 5.74) is 6.76. The molecule has 3 aromatic carbocycles. The van der Waals surface area contributed by atoms with Gasteiger partial charge in [-0.3, -0.25) is 9.88 Å². The Kier molecular flexibility index (Phi) is 5.97. The first-order valence-corrected chi connectivity index (χ1v) is 11.4. The van der Waals surface area contributed by atoms with Gasteiger partial charge < -0.3 is 10.1 Å². The summed E-state index contributed by atoms with van der Waals surface area (Å²) in [5, 5.41) is 5.35. The molecule has 0 bridgehead atoms. The van der Waals surface area contributed by atoms with Crippen molar-refractivity contribution in [2.45, 2.75) is 19.4 Å². The van der Waals surface area contributed by atoms with Crippen molar-refractivity contribution >= 4 is 33.9 Å². The molecule has 1 aliphatic rings. The molecule has 1 saturated heterocycles. The number of fused-ring (bicyclic) bond motifs is 1. The van der Waals surface area contributed by atoms with Gasteiger partial charge in [0.2, 0.25) is 0 Å². The second kappa shape index (κ2) is 9.19. The standard InChI is InChI=1S/C27H26ClN3O/c1-32-23-8-4-19(5-9-23)24-11-7-22(16-20(24)18-31-14-2-3-15-31)30-26-12-13-29-27-17-21(28)6-10-25(26)27/h4-13,16-17H,2-3,14-15,18H2,1H3,(H,29,30). The van der Waals surface area contributed by atoms with Crippen molar-refractivity contribution in [2.24, 2.45) is 0 Å². The number of halogens is 1. The summed E-state index contributed by atoms with van der Waals surface area (Å²) >= 11 is 6.15. The molecule has 0 amide bonds. The number of nitrogens with zero attached hydrogens (tertiary/aromatic N) is 2. The number of hydrogen-bond donors (Lipinski definition) is 1. The van der Waals surface area contributed by atoms with E-state index < -0.39 is 0 Å². The zero-order valence-electron chi connectivity index (χ0n) is 18.1. The summed E-state index contributed by atoms with van der Waals surface area (Å²) in [5.74, 6) is 0.873. The molecule has 0 unspecified atom stereocenters. The van der Waals surface area contributed by atoms with E-state index in [4.69, 9.17) is 16.3 Å². The molecule has 0 atom stereocenters. The predicted octanol–water partition coefficient (Wildman–Crippen LogP) is 6.90. The zero-order valence-corrected chi connectivity index (χ0v) is 18.9. The van der Waals surface area contributed by atoms with Crippen LogP contribution in [0, 0.1) is 0 Å². The van der Waals surface area contributed by atoms with Gasteiger partial charge in [-0.2, -0.15) is 0 Å². The van der Waals surface area contributed by atoms with Gasteiger partial charge in [-0.25, -0.2) is 0 Å². The minimum atomic E-state index is 0.693. The van der Waals surface area contributed by atoms with E-state index in [0.717, 1.165) is 47.7 Å². The molecule has 5 heteroatoms. The van der Waals surface area contributed by atoms with Crippen molar-refractivity contribution in [1.82, 2.24) is 9.88 Å². The highest BCUT2D eigenvalue weighted by Gasteiger charge is 2.15. The van der Waals surface area contributed by atoms with Crippen molar-refractivity contribution in [3.63, 3.8) is 0 Å². The fraction of sp³-hybridized carbons (Fsp3) is 0.222. The summed E-state index contributed by atoms with van der Waals surface area (Å²) in [7, 11) is 1.70. The van der Waals surface area contributed by atoms with E-state index in [-0.39, 0.29) is 0 Å². The Bertz CT molecular complexity index is 1230. The third-order valence-electron chi connectivity index (χ3n) is 6.08. The van der Waals surface area contributed by atoms with Crippen molar-refractivity contribution in [2.75, 3.05) is 25.5 Å². The molecule has 1 fully saturated rings. The van der Waals surface area contributed by atoms with Crippen LogP contribution >= 0.6 is 11.6 Å². The fourth-order valence-corrected chi connectivity index (χ4v) is 4.59. The number of aromatic nitrogens is 1. The number of methoxy groups -OCH3 is 1. The van der Waals surface area contributed by atoms with Gasteiger partial charge in [0.1, 0.15) is 5.75 Å². The monoisotopic (exact) mass is 443 g/mol. The Morgan fingerprint density at radius 2 is 1.78 bits per heavy atom. The Morgan fingerprint density at radius 3 is 2.56 bits per heavy atom. The first-order chi connectivity index (χ1) is 15.7. The highest BCUT2D eigenvalue weighted by molar-refractivity contribution is 6.31. The lowest BCUT2D eigenvalue weighted by Gasteiger charge is -2.19. The summed E-state index contributed by atoms with van der Waals surface area (Å²) in [6.07, 6.45) is 4.38. The fourth-order valence-electron chi connectivity index (χ4n) is 4.42. The lowest BCUT2D eigenvalue weighted by molar-refractivity contribution is 0.332. The Labute approximate surface area is 193 Å². The van der Waals surface area contributed by atoms with Crippen molar-refractivity contribution in [1.29, 1.82) is 0 Å². The zero-order chi connectivity index (χ0) is 21.9. The van der Waals surface area contributed by atoms with E-state index in [1.54, 1.807) is 7.11 Å². The molecule has 1 N–H and O–H groups in total. The third-order valence-corrected chi connectivity index (χ3v) is 6.32. The van der Waals surface area contributed by atoms with Gasteiger partial charge in [0, 0.05) is 34.5 Å². The largest absolute Gasteiger partial charge is 0.497 e. The van der Waals surface area contributed by atoms with Crippen LogP contribution in [0.4, 0.5) is 11.4 Å². The average Bonchev–Trinajstić information content (AvgIpc) is 3.32. The lowest BCUT2D eigenvalue weighted by Crippen LogP contribution is -2.19. The van der Waals surface area contributed by atoms with Gasteiger partial charge >= 0.3 is 0 Å². The molecule has 0 aliphatic carbocycles. The molecule has 4 aromatic rings. The van der Waals surface area contributed by atoms with Crippen LogP contribution in [0.15, 0.2) is 72.9 Å². The lowest BCUT2D eigenvalue weighted by atomic mass is 9.98. The predicted molar refractivity (Wildman–Crippen MR) is 133 cm³/mol. The topological polar surface area (TPSA) is 37.4 Å². The minimum absolute atomic E-state index is 0.693. The van der Waals surface area contributed by atoms with Crippen molar-refractivity contribution < 1.29 is 4.74 Å². The number of nitrogens with one attached hydrogen (secondary N) is 1. The van der Waals surface area contributed by atoms with Crippen LogP contribution < -0.4 is 10.1 Å². The average molecular weight is 444 g/mol. The molecule has 4 nitrogen and oxygen atoms in total. The Hall–Kier alpha value is -3.08. The van der Waals surface area contributed by atoms with Crippen LogP contribution in [0.5, 0.6) is 5.75 Å². The normalized spacial score (nSPS) is 14.1. The van der Waals surface area contributed by atoms with E-state index in [9.17, 15) is 0 Å². The number of pyridine rings is 1. The first kappa shape index (κ1) is 20.8. The molecule has 2 heterocycles. The summed E-state index contributed by atoms with van der Waals surface area (Å²) in [6, 6.07) is 22.8. The highest BCUT2D eigenvalue weighted by Crippen LogP contribution is 2.32. The van der Waals surface area contributed by atoms with Crippen LogP contribution in [-0.4, -0.2) is 30.1 Å².